The molecule has 1 aromatic carbocycles. The van der Waals surface area contributed by atoms with E-state index < -0.39 is 0 Å². The highest BCUT2D eigenvalue weighted by Crippen LogP contribution is 2.19. The first-order valence-electron chi connectivity index (χ1n) is 6.27. The zero-order valence-electron chi connectivity index (χ0n) is 10.2. The molecule has 2 rings (SSSR count). The van der Waals surface area contributed by atoms with Crippen molar-refractivity contribution in [2.45, 2.75) is 19.3 Å². The zero-order chi connectivity index (χ0) is 13.0. The summed E-state index contributed by atoms with van der Waals surface area (Å²) in [5, 5.41) is 0. The molecule has 0 bridgehead atoms. The number of carbonyl (C=O) groups excluding carboxylic acids is 1. The second kappa shape index (κ2) is 6.58. The van der Waals surface area contributed by atoms with Gasteiger partial charge in [-0.25, -0.2) is 0 Å². The van der Waals surface area contributed by atoms with Gasteiger partial charge in [0.2, 0.25) is 5.91 Å². The van der Waals surface area contributed by atoms with Crippen molar-refractivity contribution in [2.24, 2.45) is 5.92 Å². The summed E-state index contributed by atoms with van der Waals surface area (Å²) in [6.45, 7) is 1.69. The van der Waals surface area contributed by atoms with Crippen molar-refractivity contribution in [3.63, 3.8) is 0 Å². The smallest absolute Gasteiger partial charge is 0.226 e. The van der Waals surface area contributed by atoms with E-state index in [0.717, 1.165) is 36.0 Å². The number of alkyl halides is 1. The molecule has 1 saturated heterocycles. The number of nitrogens with zero attached hydrogens (tertiary/aromatic N) is 1. The van der Waals surface area contributed by atoms with Crippen LogP contribution in [0.25, 0.3) is 0 Å². The van der Waals surface area contributed by atoms with Crippen LogP contribution in [0.2, 0.25) is 0 Å². The van der Waals surface area contributed by atoms with Gasteiger partial charge in [-0.3, -0.25) is 4.79 Å². The molecule has 0 N–H and O–H groups in total. The summed E-state index contributed by atoms with van der Waals surface area (Å²) in [5.41, 5.74) is 1.06. The van der Waals surface area contributed by atoms with Gasteiger partial charge in [0.15, 0.2) is 0 Å². The summed E-state index contributed by atoms with van der Waals surface area (Å²) < 4.78 is 1.02. The van der Waals surface area contributed by atoms with E-state index in [4.69, 9.17) is 11.6 Å². The van der Waals surface area contributed by atoms with Crippen molar-refractivity contribution in [1.82, 2.24) is 4.90 Å². The Morgan fingerprint density at radius 2 is 2.33 bits per heavy atom. The van der Waals surface area contributed by atoms with Gasteiger partial charge in [-0.1, -0.05) is 28.1 Å². The highest BCUT2D eigenvalue weighted by molar-refractivity contribution is 9.10. The topological polar surface area (TPSA) is 20.3 Å². The molecule has 1 heterocycles. The Kier molecular flexibility index (Phi) is 5.07. The van der Waals surface area contributed by atoms with Crippen LogP contribution in [0.15, 0.2) is 28.7 Å². The summed E-state index contributed by atoms with van der Waals surface area (Å²) >= 11 is 9.31. The van der Waals surface area contributed by atoms with Crippen LogP contribution in [0.4, 0.5) is 0 Å². The lowest BCUT2D eigenvalue weighted by Gasteiger charge is -2.32. The molecule has 1 amide bonds. The molecular weight excluding hydrogens is 314 g/mol. The van der Waals surface area contributed by atoms with Crippen LogP contribution in [-0.2, 0) is 11.2 Å². The molecule has 1 aliphatic heterocycles. The van der Waals surface area contributed by atoms with Crippen LogP contribution < -0.4 is 0 Å². The van der Waals surface area contributed by atoms with Crippen LogP contribution in [0.3, 0.4) is 0 Å². The van der Waals surface area contributed by atoms with Gasteiger partial charge in [0.25, 0.3) is 0 Å². The Hall–Kier alpha value is -0.540. The summed E-state index contributed by atoms with van der Waals surface area (Å²) in [7, 11) is 0. The molecule has 1 atom stereocenters. The lowest BCUT2D eigenvalue weighted by atomic mass is 9.99. The molecule has 4 heteroatoms. The van der Waals surface area contributed by atoms with Gasteiger partial charge < -0.3 is 4.90 Å². The molecule has 2 nitrogen and oxygen atoms in total. The molecule has 0 aromatic heterocycles. The van der Waals surface area contributed by atoms with Crippen LogP contribution in [0, 0.1) is 5.92 Å². The predicted octanol–water partition coefficient (Wildman–Crippen LogP) is 3.47. The van der Waals surface area contributed by atoms with E-state index in [1.54, 1.807) is 0 Å². The normalized spacial score (nSPS) is 19.9. The SMILES string of the molecule is O=C(Cc1cccc(Br)c1)N1CCCC(CCl)C1. The van der Waals surface area contributed by atoms with Crippen molar-refractivity contribution >= 4 is 33.4 Å². The Morgan fingerprint density at radius 1 is 1.50 bits per heavy atom. The van der Waals surface area contributed by atoms with Crippen LogP contribution in [0.5, 0.6) is 0 Å². The van der Waals surface area contributed by atoms with Gasteiger partial charge in [-0.2, -0.15) is 0 Å². The number of benzene rings is 1. The fourth-order valence-corrected chi connectivity index (χ4v) is 3.05. The molecule has 1 unspecified atom stereocenters. The second-order valence-electron chi connectivity index (χ2n) is 4.81. The number of carbonyl (C=O) groups is 1. The Labute approximate surface area is 121 Å². The van der Waals surface area contributed by atoms with Crippen molar-refractivity contribution in [3.8, 4) is 0 Å². The van der Waals surface area contributed by atoms with Crippen LogP contribution in [0.1, 0.15) is 18.4 Å². The van der Waals surface area contributed by atoms with E-state index in [1.807, 2.05) is 29.2 Å². The summed E-state index contributed by atoms with van der Waals surface area (Å²) in [6.07, 6.45) is 2.69. The molecule has 0 spiro atoms. The van der Waals surface area contributed by atoms with E-state index in [0.29, 0.717) is 18.2 Å². The van der Waals surface area contributed by atoms with Crippen molar-refractivity contribution in [3.05, 3.63) is 34.3 Å². The highest BCUT2D eigenvalue weighted by atomic mass is 79.9. The van der Waals surface area contributed by atoms with Crippen molar-refractivity contribution in [2.75, 3.05) is 19.0 Å². The molecule has 1 aromatic rings. The molecular formula is C14H17BrClNO. The molecule has 98 valence electrons. The van der Waals surface area contributed by atoms with E-state index in [-0.39, 0.29) is 5.91 Å². The average molecular weight is 331 g/mol. The van der Waals surface area contributed by atoms with Gasteiger partial charge in [0, 0.05) is 23.4 Å². The van der Waals surface area contributed by atoms with E-state index in [2.05, 4.69) is 15.9 Å². The quantitative estimate of drug-likeness (QED) is 0.777. The number of piperidine rings is 1. The van der Waals surface area contributed by atoms with Crippen molar-refractivity contribution in [1.29, 1.82) is 0 Å². The van der Waals surface area contributed by atoms with Gasteiger partial charge in [-0.05, 0) is 36.5 Å². The molecule has 1 fully saturated rings. The standard InChI is InChI=1S/C14H17BrClNO/c15-13-5-1-3-11(7-13)8-14(18)17-6-2-4-12(9-16)10-17/h1,3,5,7,12H,2,4,6,8-10H2. The monoisotopic (exact) mass is 329 g/mol. The maximum atomic E-state index is 12.2. The first-order valence-corrected chi connectivity index (χ1v) is 7.60. The minimum atomic E-state index is 0.211. The molecule has 0 radical (unpaired) electrons. The minimum absolute atomic E-state index is 0.211. The number of rotatable bonds is 3. The van der Waals surface area contributed by atoms with Crippen molar-refractivity contribution < 1.29 is 4.79 Å². The highest BCUT2D eigenvalue weighted by Gasteiger charge is 2.22. The first kappa shape index (κ1) is 13.9. The van der Waals surface area contributed by atoms with Gasteiger partial charge in [0.05, 0.1) is 6.42 Å². The Balaban J connectivity index is 1.95. The number of hydrogen-bond acceptors (Lipinski definition) is 1. The van der Waals surface area contributed by atoms with Crippen LogP contribution in [-0.4, -0.2) is 29.8 Å². The number of halogens is 2. The van der Waals surface area contributed by atoms with Gasteiger partial charge >= 0.3 is 0 Å². The van der Waals surface area contributed by atoms with E-state index >= 15 is 0 Å². The predicted molar refractivity (Wildman–Crippen MR) is 77.9 cm³/mol. The largest absolute Gasteiger partial charge is 0.342 e. The Morgan fingerprint density at radius 3 is 3.06 bits per heavy atom. The number of amides is 1. The third-order valence-corrected chi connectivity index (χ3v) is 4.26. The maximum Gasteiger partial charge on any atom is 0.226 e. The summed E-state index contributed by atoms with van der Waals surface area (Å²) in [6, 6.07) is 7.93. The molecule has 1 aliphatic rings. The molecule has 18 heavy (non-hydrogen) atoms. The third kappa shape index (κ3) is 3.72. The molecule has 0 saturated carbocycles. The zero-order valence-corrected chi connectivity index (χ0v) is 12.6. The number of hydrogen-bond donors (Lipinski definition) is 0. The first-order chi connectivity index (χ1) is 8.69. The number of likely N-dealkylation sites (tertiary alicyclic amines) is 1. The minimum Gasteiger partial charge on any atom is -0.342 e. The summed E-state index contributed by atoms with van der Waals surface area (Å²) in [5.74, 6) is 1.33. The fourth-order valence-electron chi connectivity index (χ4n) is 2.35. The lowest BCUT2D eigenvalue weighted by molar-refractivity contribution is -0.132. The third-order valence-electron chi connectivity index (χ3n) is 3.33. The maximum absolute atomic E-state index is 12.2. The summed E-state index contributed by atoms with van der Waals surface area (Å²) in [4.78, 5) is 14.2. The molecule has 0 aliphatic carbocycles. The van der Waals surface area contributed by atoms with Gasteiger partial charge in [-0.15, -0.1) is 11.6 Å². The second-order valence-corrected chi connectivity index (χ2v) is 6.03. The lowest BCUT2D eigenvalue weighted by Crippen LogP contribution is -2.41. The Bertz CT molecular complexity index is 424. The average Bonchev–Trinajstić information content (AvgIpc) is 2.39. The fraction of sp³-hybridized carbons (Fsp3) is 0.500. The van der Waals surface area contributed by atoms with Crippen LogP contribution >= 0.6 is 27.5 Å². The van der Waals surface area contributed by atoms with E-state index in [1.165, 1.54) is 0 Å². The van der Waals surface area contributed by atoms with E-state index in [9.17, 15) is 4.79 Å². The van der Waals surface area contributed by atoms with Gasteiger partial charge in [0.1, 0.15) is 0 Å².